The molecule has 0 spiro atoms. The molecule has 0 bridgehead atoms. The molecule has 5 heteroatoms. The number of aryl methyl sites for hydroxylation is 1. The average Bonchev–Trinajstić information content (AvgIpc) is 2.33. The molecule has 1 N–H and O–H groups in total. The van der Waals surface area contributed by atoms with E-state index in [-0.39, 0.29) is 10.6 Å². The Kier molecular flexibility index (Phi) is 3.83. The molecule has 0 saturated heterocycles. The minimum absolute atomic E-state index is 0.239. The predicted octanol–water partition coefficient (Wildman–Crippen LogP) is 4.15. The van der Waals surface area contributed by atoms with E-state index in [2.05, 4.69) is 0 Å². The van der Waals surface area contributed by atoms with E-state index >= 15 is 0 Å². The molecule has 2 aromatic rings. The lowest BCUT2D eigenvalue weighted by molar-refractivity contribution is 0.213. The summed E-state index contributed by atoms with van der Waals surface area (Å²) in [5.41, 5.74) is 0.515. The van der Waals surface area contributed by atoms with E-state index in [1.165, 1.54) is 12.1 Å². The molecule has 0 heterocycles. The maximum atomic E-state index is 13.7. The molecule has 2 aromatic carbocycles. The maximum Gasteiger partial charge on any atom is 0.142 e. The van der Waals surface area contributed by atoms with Gasteiger partial charge in [-0.3, -0.25) is 0 Å². The lowest BCUT2D eigenvalue weighted by Gasteiger charge is -2.15. The summed E-state index contributed by atoms with van der Waals surface area (Å²) in [6.07, 6.45) is -1.38. The van der Waals surface area contributed by atoms with Crippen LogP contribution in [-0.4, -0.2) is 5.11 Å². The molecule has 0 aliphatic rings. The molecule has 100 valence electrons. The van der Waals surface area contributed by atoms with Crippen LogP contribution in [0.5, 0.6) is 0 Å². The van der Waals surface area contributed by atoms with Crippen molar-refractivity contribution in [2.45, 2.75) is 13.0 Å². The molecule has 19 heavy (non-hydrogen) atoms. The summed E-state index contributed by atoms with van der Waals surface area (Å²) in [6, 6.07) is 5.33. The van der Waals surface area contributed by atoms with E-state index in [0.29, 0.717) is 11.1 Å². The quantitative estimate of drug-likeness (QED) is 0.822. The summed E-state index contributed by atoms with van der Waals surface area (Å²) in [5, 5.41) is 9.73. The van der Waals surface area contributed by atoms with E-state index in [4.69, 9.17) is 11.6 Å². The minimum Gasteiger partial charge on any atom is -0.384 e. The molecule has 0 aliphatic heterocycles. The second-order valence-corrected chi connectivity index (χ2v) is 4.60. The van der Waals surface area contributed by atoms with Crippen molar-refractivity contribution in [3.8, 4) is 0 Å². The Balaban J connectivity index is 2.49. The molecule has 0 aromatic heterocycles. The van der Waals surface area contributed by atoms with Gasteiger partial charge in [0.05, 0.1) is 5.02 Å². The van der Waals surface area contributed by atoms with E-state index in [1.54, 1.807) is 6.92 Å². The first-order chi connectivity index (χ1) is 8.90. The minimum atomic E-state index is -1.38. The summed E-state index contributed by atoms with van der Waals surface area (Å²) in [4.78, 5) is 0. The number of benzene rings is 2. The van der Waals surface area contributed by atoms with Crippen LogP contribution in [0.1, 0.15) is 22.8 Å². The second-order valence-electron chi connectivity index (χ2n) is 4.19. The number of aliphatic hydroxyl groups is 1. The van der Waals surface area contributed by atoms with Crippen LogP contribution in [0.15, 0.2) is 30.3 Å². The van der Waals surface area contributed by atoms with Gasteiger partial charge in [0.2, 0.25) is 0 Å². The lowest BCUT2D eigenvalue weighted by Crippen LogP contribution is -2.05. The highest BCUT2D eigenvalue weighted by Crippen LogP contribution is 2.30. The summed E-state index contributed by atoms with van der Waals surface area (Å²) in [7, 11) is 0. The molecule has 2 rings (SSSR count). The van der Waals surface area contributed by atoms with Gasteiger partial charge in [0.1, 0.15) is 23.6 Å². The Morgan fingerprint density at radius 2 is 1.68 bits per heavy atom. The molecule has 0 radical (unpaired) electrons. The van der Waals surface area contributed by atoms with E-state index in [0.717, 1.165) is 18.2 Å². The lowest BCUT2D eigenvalue weighted by atomic mass is 9.97. The van der Waals surface area contributed by atoms with Crippen LogP contribution in [0.3, 0.4) is 0 Å². The highest BCUT2D eigenvalue weighted by Gasteiger charge is 2.19. The Labute approximate surface area is 113 Å². The van der Waals surface area contributed by atoms with Gasteiger partial charge in [-0.15, -0.1) is 0 Å². The van der Waals surface area contributed by atoms with Crippen LogP contribution in [0.25, 0.3) is 0 Å². The Hall–Kier alpha value is -1.52. The van der Waals surface area contributed by atoms with Crippen LogP contribution in [0.4, 0.5) is 13.2 Å². The number of rotatable bonds is 2. The van der Waals surface area contributed by atoms with Crippen molar-refractivity contribution < 1.29 is 18.3 Å². The molecule has 1 unspecified atom stereocenters. The fourth-order valence-electron chi connectivity index (χ4n) is 1.86. The third kappa shape index (κ3) is 2.74. The molecule has 0 amide bonds. The first kappa shape index (κ1) is 13.9. The van der Waals surface area contributed by atoms with E-state index < -0.39 is 23.6 Å². The van der Waals surface area contributed by atoms with Gasteiger partial charge in [-0.2, -0.15) is 0 Å². The summed E-state index contributed by atoms with van der Waals surface area (Å²) in [5.74, 6) is -2.10. The molecule has 0 fully saturated rings. The predicted molar refractivity (Wildman–Crippen MR) is 66.6 cm³/mol. The first-order valence-electron chi connectivity index (χ1n) is 5.48. The van der Waals surface area contributed by atoms with Gasteiger partial charge in [-0.05, 0) is 42.3 Å². The number of hydrogen-bond acceptors (Lipinski definition) is 1. The van der Waals surface area contributed by atoms with E-state index in [1.807, 2.05) is 0 Å². The number of hydrogen-bond donors (Lipinski definition) is 1. The highest BCUT2D eigenvalue weighted by molar-refractivity contribution is 6.30. The average molecular weight is 287 g/mol. The van der Waals surface area contributed by atoms with Crippen molar-refractivity contribution in [3.05, 3.63) is 69.5 Å². The zero-order chi connectivity index (χ0) is 14.2. The van der Waals surface area contributed by atoms with Crippen LogP contribution >= 0.6 is 11.6 Å². The zero-order valence-electron chi connectivity index (χ0n) is 9.92. The second kappa shape index (κ2) is 5.23. The maximum absolute atomic E-state index is 13.7. The zero-order valence-corrected chi connectivity index (χ0v) is 10.7. The first-order valence-corrected chi connectivity index (χ1v) is 5.86. The van der Waals surface area contributed by atoms with Gasteiger partial charge in [0, 0.05) is 5.56 Å². The summed E-state index contributed by atoms with van der Waals surface area (Å²) in [6.45, 7) is 1.58. The molecule has 1 atom stereocenters. The van der Waals surface area contributed by atoms with Crippen LogP contribution in [0.2, 0.25) is 5.02 Å². The van der Waals surface area contributed by atoms with Crippen LogP contribution < -0.4 is 0 Å². The van der Waals surface area contributed by atoms with Crippen molar-refractivity contribution >= 4 is 11.6 Å². The van der Waals surface area contributed by atoms with E-state index in [9.17, 15) is 18.3 Å². The van der Waals surface area contributed by atoms with Crippen molar-refractivity contribution in [3.63, 3.8) is 0 Å². The Morgan fingerprint density at radius 1 is 1.00 bits per heavy atom. The fraction of sp³-hybridized carbons (Fsp3) is 0.143. The third-order valence-electron chi connectivity index (χ3n) is 2.86. The highest BCUT2D eigenvalue weighted by atomic mass is 35.5. The largest absolute Gasteiger partial charge is 0.384 e. The van der Waals surface area contributed by atoms with Gasteiger partial charge >= 0.3 is 0 Å². The Bertz CT molecular complexity index is 628. The molecule has 0 aliphatic carbocycles. The van der Waals surface area contributed by atoms with Gasteiger partial charge in [0.25, 0.3) is 0 Å². The molecular formula is C14H10ClF3O. The smallest absolute Gasteiger partial charge is 0.142 e. The Morgan fingerprint density at radius 3 is 2.32 bits per heavy atom. The van der Waals surface area contributed by atoms with Gasteiger partial charge in [-0.1, -0.05) is 17.7 Å². The standard InChI is InChI=1S/C14H10ClF3O/c1-7-4-8(16)2-3-9(7)14(19)10-5-13(18)11(15)6-12(10)17/h2-6,14,19H,1H3. The van der Waals surface area contributed by atoms with Crippen LogP contribution in [-0.2, 0) is 0 Å². The third-order valence-corrected chi connectivity index (χ3v) is 3.15. The SMILES string of the molecule is Cc1cc(F)ccc1C(O)c1cc(F)c(Cl)cc1F. The van der Waals surface area contributed by atoms with Gasteiger partial charge in [0.15, 0.2) is 0 Å². The number of halogens is 4. The number of aliphatic hydroxyl groups excluding tert-OH is 1. The van der Waals surface area contributed by atoms with Crippen molar-refractivity contribution in [2.24, 2.45) is 0 Å². The molecule has 1 nitrogen and oxygen atoms in total. The molecule has 0 saturated carbocycles. The summed E-state index contributed by atoms with van der Waals surface area (Å²) < 4.78 is 40.0. The van der Waals surface area contributed by atoms with Crippen molar-refractivity contribution in [2.75, 3.05) is 0 Å². The van der Waals surface area contributed by atoms with Crippen LogP contribution in [0, 0.1) is 24.4 Å². The van der Waals surface area contributed by atoms with Crippen molar-refractivity contribution in [1.82, 2.24) is 0 Å². The summed E-state index contributed by atoms with van der Waals surface area (Å²) >= 11 is 5.44. The van der Waals surface area contributed by atoms with Gasteiger partial charge < -0.3 is 5.11 Å². The fourth-order valence-corrected chi connectivity index (χ4v) is 2.01. The topological polar surface area (TPSA) is 20.2 Å². The van der Waals surface area contributed by atoms with Gasteiger partial charge in [-0.25, -0.2) is 13.2 Å². The van der Waals surface area contributed by atoms with Crippen molar-refractivity contribution in [1.29, 1.82) is 0 Å². The normalized spacial score (nSPS) is 12.5. The molecular weight excluding hydrogens is 277 g/mol. The monoisotopic (exact) mass is 286 g/mol.